The van der Waals surface area contributed by atoms with Gasteiger partial charge in [0.25, 0.3) is 5.56 Å². The number of fused-ring (bicyclic) bond motifs is 1. The second-order valence-electron chi connectivity index (χ2n) is 5.59. The normalized spacial score (nSPS) is 15.3. The van der Waals surface area contributed by atoms with E-state index >= 15 is 0 Å². The standard InChI is InChI=1S/C17H15N3O2S/c21-13-8-4-5-9-20(13)17-18-14-12(11-6-2-1-3-7-11)10-23-15(14)16(22)19-17/h1-3,6-7,10H,4-5,8-9H2,(H,18,19,22). The van der Waals surface area contributed by atoms with Crippen LogP contribution in [0.4, 0.5) is 5.95 Å². The van der Waals surface area contributed by atoms with Crippen LogP contribution in [0.1, 0.15) is 19.3 Å². The number of rotatable bonds is 2. The second-order valence-corrected chi connectivity index (χ2v) is 6.46. The zero-order chi connectivity index (χ0) is 15.8. The molecule has 2 aromatic heterocycles. The summed E-state index contributed by atoms with van der Waals surface area (Å²) in [5, 5.41) is 1.95. The molecule has 3 heterocycles. The first-order valence-electron chi connectivity index (χ1n) is 7.61. The van der Waals surface area contributed by atoms with Crippen LogP contribution in [0.5, 0.6) is 0 Å². The summed E-state index contributed by atoms with van der Waals surface area (Å²) in [6.45, 7) is 0.609. The number of aromatic nitrogens is 2. The van der Waals surface area contributed by atoms with Gasteiger partial charge in [-0.15, -0.1) is 11.3 Å². The fourth-order valence-electron chi connectivity index (χ4n) is 2.90. The Morgan fingerprint density at radius 2 is 1.96 bits per heavy atom. The number of thiophene rings is 1. The number of nitrogens with one attached hydrogen (secondary N) is 1. The number of benzene rings is 1. The molecule has 1 N–H and O–H groups in total. The summed E-state index contributed by atoms with van der Waals surface area (Å²) in [5.74, 6) is 0.387. The molecule has 1 amide bonds. The van der Waals surface area contributed by atoms with Crippen molar-refractivity contribution in [1.29, 1.82) is 0 Å². The second kappa shape index (κ2) is 5.62. The van der Waals surface area contributed by atoms with Crippen molar-refractivity contribution < 1.29 is 4.79 Å². The summed E-state index contributed by atoms with van der Waals surface area (Å²) in [5.41, 5.74) is 2.43. The van der Waals surface area contributed by atoms with Gasteiger partial charge in [0.2, 0.25) is 11.9 Å². The van der Waals surface area contributed by atoms with E-state index in [4.69, 9.17) is 0 Å². The van der Waals surface area contributed by atoms with Crippen LogP contribution in [0.2, 0.25) is 0 Å². The number of hydrogen-bond acceptors (Lipinski definition) is 4. The average Bonchev–Trinajstić information content (AvgIpc) is 3.00. The number of anilines is 1. The Kier molecular flexibility index (Phi) is 3.46. The first kappa shape index (κ1) is 14.1. The van der Waals surface area contributed by atoms with Crippen LogP contribution in [-0.4, -0.2) is 22.4 Å². The van der Waals surface area contributed by atoms with Crippen molar-refractivity contribution in [2.24, 2.45) is 0 Å². The quantitative estimate of drug-likeness (QED) is 0.787. The molecule has 0 atom stereocenters. The zero-order valence-electron chi connectivity index (χ0n) is 12.4. The van der Waals surface area contributed by atoms with Gasteiger partial charge in [0.05, 0.1) is 5.52 Å². The summed E-state index contributed by atoms with van der Waals surface area (Å²) in [6, 6.07) is 9.87. The van der Waals surface area contributed by atoms with Gasteiger partial charge in [-0.25, -0.2) is 4.98 Å². The monoisotopic (exact) mass is 325 g/mol. The van der Waals surface area contributed by atoms with E-state index in [1.165, 1.54) is 11.3 Å². The molecule has 1 aromatic carbocycles. The first-order valence-corrected chi connectivity index (χ1v) is 8.49. The van der Waals surface area contributed by atoms with Crippen molar-refractivity contribution in [3.63, 3.8) is 0 Å². The highest BCUT2D eigenvalue weighted by molar-refractivity contribution is 7.17. The molecule has 1 fully saturated rings. The van der Waals surface area contributed by atoms with Gasteiger partial charge in [-0.2, -0.15) is 0 Å². The molecule has 0 aliphatic carbocycles. The van der Waals surface area contributed by atoms with Gasteiger partial charge in [0, 0.05) is 23.9 Å². The minimum Gasteiger partial charge on any atom is -0.291 e. The van der Waals surface area contributed by atoms with E-state index in [1.807, 2.05) is 35.7 Å². The highest BCUT2D eigenvalue weighted by Crippen LogP contribution is 2.31. The van der Waals surface area contributed by atoms with Crippen LogP contribution in [-0.2, 0) is 4.79 Å². The molecule has 6 heteroatoms. The molecule has 1 saturated heterocycles. The number of piperidine rings is 1. The lowest BCUT2D eigenvalue weighted by Gasteiger charge is -2.25. The first-order chi connectivity index (χ1) is 11.2. The number of nitrogens with zero attached hydrogens (tertiary/aromatic N) is 2. The third-order valence-corrected chi connectivity index (χ3v) is 5.05. The van der Waals surface area contributed by atoms with Crippen LogP contribution < -0.4 is 10.5 Å². The van der Waals surface area contributed by atoms with E-state index in [9.17, 15) is 9.59 Å². The maximum Gasteiger partial charge on any atom is 0.270 e. The highest BCUT2D eigenvalue weighted by atomic mass is 32.1. The van der Waals surface area contributed by atoms with E-state index in [-0.39, 0.29) is 11.5 Å². The molecule has 1 aliphatic heterocycles. The molecule has 0 spiro atoms. The fraction of sp³-hybridized carbons (Fsp3) is 0.235. The molecule has 0 bridgehead atoms. The van der Waals surface area contributed by atoms with E-state index in [0.717, 1.165) is 24.0 Å². The maximum atomic E-state index is 12.4. The number of H-pyrrole nitrogens is 1. The van der Waals surface area contributed by atoms with Crippen LogP contribution >= 0.6 is 11.3 Å². The van der Waals surface area contributed by atoms with E-state index in [1.54, 1.807) is 4.90 Å². The summed E-state index contributed by atoms with van der Waals surface area (Å²) in [7, 11) is 0. The van der Waals surface area contributed by atoms with E-state index in [0.29, 0.717) is 29.1 Å². The molecular weight excluding hydrogens is 310 g/mol. The summed E-state index contributed by atoms with van der Waals surface area (Å²) < 4.78 is 0.595. The van der Waals surface area contributed by atoms with Crippen LogP contribution in [0.25, 0.3) is 21.3 Å². The van der Waals surface area contributed by atoms with Crippen molar-refractivity contribution in [1.82, 2.24) is 9.97 Å². The van der Waals surface area contributed by atoms with Crippen LogP contribution in [0.3, 0.4) is 0 Å². The minimum absolute atomic E-state index is 0.0234. The lowest BCUT2D eigenvalue weighted by atomic mass is 10.1. The van der Waals surface area contributed by atoms with Gasteiger partial charge < -0.3 is 0 Å². The Morgan fingerprint density at radius 3 is 2.74 bits per heavy atom. The van der Waals surface area contributed by atoms with E-state index in [2.05, 4.69) is 9.97 Å². The molecule has 116 valence electrons. The lowest BCUT2D eigenvalue weighted by molar-refractivity contribution is -0.119. The van der Waals surface area contributed by atoms with Crippen molar-refractivity contribution in [3.8, 4) is 11.1 Å². The number of aromatic amines is 1. The minimum atomic E-state index is -0.185. The largest absolute Gasteiger partial charge is 0.291 e. The third kappa shape index (κ3) is 2.45. The molecule has 0 radical (unpaired) electrons. The van der Waals surface area contributed by atoms with Crippen molar-refractivity contribution >= 4 is 33.4 Å². The predicted octanol–water partition coefficient (Wildman–Crippen LogP) is 3.17. The highest BCUT2D eigenvalue weighted by Gasteiger charge is 2.23. The average molecular weight is 325 g/mol. The third-order valence-electron chi connectivity index (χ3n) is 4.08. The number of carbonyl (C=O) groups is 1. The van der Waals surface area contributed by atoms with Crippen molar-refractivity contribution in [2.45, 2.75) is 19.3 Å². The van der Waals surface area contributed by atoms with Gasteiger partial charge in [-0.1, -0.05) is 30.3 Å². The Bertz CT molecular complexity index is 930. The molecule has 1 aliphatic rings. The fourth-order valence-corrected chi connectivity index (χ4v) is 3.80. The molecule has 23 heavy (non-hydrogen) atoms. The van der Waals surface area contributed by atoms with Gasteiger partial charge in [-0.3, -0.25) is 19.5 Å². The SMILES string of the molecule is O=C1CCCCN1c1nc2c(-c3ccccc3)csc2c(=O)[nH]1. The molecule has 4 rings (SSSR count). The molecule has 0 unspecified atom stereocenters. The van der Waals surface area contributed by atoms with Gasteiger partial charge in [0.1, 0.15) is 4.70 Å². The van der Waals surface area contributed by atoms with Crippen molar-refractivity contribution in [2.75, 3.05) is 11.4 Å². The van der Waals surface area contributed by atoms with Gasteiger partial charge >= 0.3 is 0 Å². The lowest BCUT2D eigenvalue weighted by Crippen LogP contribution is -2.37. The van der Waals surface area contributed by atoms with Crippen molar-refractivity contribution in [3.05, 3.63) is 46.1 Å². The zero-order valence-corrected chi connectivity index (χ0v) is 13.2. The van der Waals surface area contributed by atoms with Crippen LogP contribution in [0.15, 0.2) is 40.5 Å². The smallest absolute Gasteiger partial charge is 0.270 e. The summed E-state index contributed by atoms with van der Waals surface area (Å²) in [4.78, 5) is 33.4. The van der Waals surface area contributed by atoms with Gasteiger partial charge in [0.15, 0.2) is 0 Å². The molecule has 3 aromatic rings. The predicted molar refractivity (Wildman–Crippen MR) is 91.9 cm³/mol. The Labute approximate surface area is 136 Å². The Hall–Kier alpha value is -2.47. The number of carbonyl (C=O) groups excluding carboxylic acids is 1. The number of amides is 1. The molecule has 5 nitrogen and oxygen atoms in total. The van der Waals surface area contributed by atoms with E-state index < -0.39 is 0 Å². The topological polar surface area (TPSA) is 66.1 Å². The van der Waals surface area contributed by atoms with Gasteiger partial charge in [-0.05, 0) is 18.4 Å². The molecule has 0 saturated carbocycles. The summed E-state index contributed by atoms with van der Waals surface area (Å²) >= 11 is 1.38. The van der Waals surface area contributed by atoms with Crippen LogP contribution in [0, 0.1) is 0 Å². The molecular formula is C17H15N3O2S. The Morgan fingerprint density at radius 1 is 1.13 bits per heavy atom. The maximum absolute atomic E-state index is 12.4. The Balaban J connectivity index is 1.89. The summed E-state index contributed by atoms with van der Waals surface area (Å²) in [6.07, 6.45) is 2.34. The number of hydrogen-bond donors (Lipinski definition) is 1.